The van der Waals surface area contributed by atoms with Crippen LogP contribution in [0.2, 0.25) is 0 Å². The van der Waals surface area contributed by atoms with Gasteiger partial charge in [-0.2, -0.15) is 0 Å². The maximum Gasteiger partial charge on any atom is 3.00 e. The fourth-order valence-electron chi connectivity index (χ4n) is 1.45. The predicted octanol–water partition coefficient (Wildman–Crippen LogP) is 2.73. The van der Waals surface area contributed by atoms with Crippen LogP contribution in [0.15, 0.2) is 54.6 Å². The summed E-state index contributed by atoms with van der Waals surface area (Å²) in [5, 5.41) is 30.7. The van der Waals surface area contributed by atoms with Gasteiger partial charge < -0.3 is 15.3 Å². The van der Waals surface area contributed by atoms with E-state index in [0.29, 0.717) is 0 Å². The van der Waals surface area contributed by atoms with Crippen molar-refractivity contribution >= 4 is 17.4 Å². The first-order valence-corrected chi connectivity index (χ1v) is 6.98. The molecule has 0 fully saturated rings. The number of para-hydroxylation sites is 3. The van der Waals surface area contributed by atoms with Crippen molar-refractivity contribution in [2.45, 2.75) is 0 Å². The topological polar surface area (TPSA) is 69.2 Å². The van der Waals surface area contributed by atoms with Gasteiger partial charge in [-0.05, 0) is 53.6 Å². The van der Waals surface area contributed by atoms with Gasteiger partial charge in [0.2, 0.25) is 0 Å². The molecule has 0 saturated heterocycles. The Balaban J connectivity index is 0.000000384. The molecule has 0 N–H and O–H groups in total. The molecular weight excluding hydrogens is 405 g/mol. The van der Waals surface area contributed by atoms with Crippen LogP contribution in [0.5, 0.6) is 17.2 Å². The molecule has 0 saturated carbocycles. The van der Waals surface area contributed by atoms with Crippen molar-refractivity contribution in [3.8, 4) is 17.2 Å². The standard InChI is InChI=1S/3C6H4F2O.Al/c3*7-4-2-1-3-5(8)6(4)9;/h3*1-3,9H;/q;;;+3/p-3. The minimum Gasteiger partial charge on any atom is -0.869 e. The number of hydrogen-bond donors (Lipinski definition) is 0. The van der Waals surface area contributed by atoms with E-state index in [-0.39, 0.29) is 17.4 Å². The number of benzene rings is 3. The molecule has 0 bridgehead atoms. The molecule has 0 atom stereocenters. The van der Waals surface area contributed by atoms with Crippen molar-refractivity contribution in [3.05, 3.63) is 89.5 Å². The van der Waals surface area contributed by atoms with E-state index in [2.05, 4.69) is 0 Å². The molecule has 3 nitrogen and oxygen atoms in total. The average molecular weight is 414 g/mol. The van der Waals surface area contributed by atoms with Crippen LogP contribution in [-0.4, -0.2) is 17.4 Å². The van der Waals surface area contributed by atoms with Gasteiger partial charge in [0.25, 0.3) is 0 Å². The van der Waals surface area contributed by atoms with Crippen LogP contribution in [0.1, 0.15) is 0 Å². The van der Waals surface area contributed by atoms with Crippen LogP contribution in [0.4, 0.5) is 26.3 Å². The van der Waals surface area contributed by atoms with E-state index in [0.717, 1.165) is 54.6 Å². The molecule has 0 heterocycles. The summed E-state index contributed by atoms with van der Waals surface area (Å²) in [6.45, 7) is 0. The van der Waals surface area contributed by atoms with Crippen LogP contribution in [0, 0.1) is 34.9 Å². The molecule has 28 heavy (non-hydrogen) atoms. The Kier molecular flexibility index (Phi) is 10.6. The Hall–Kier alpha value is -2.83. The molecule has 0 spiro atoms. The molecule has 0 aliphatic rings. The van der Waals surface area contributed by atoms with E-state index in [1.54, 1.807) is 0 Å². The molecular formula is C18H9AlF6O3. The molecule has 3 rings (SSSR count). The zero-order chi connectivity index (χ0) is 20.6. The van der Waals surface area contributed by atoms with Crippen LogP contribution in [-0.2, 0) is 0 Å². The van der Waals surface area contributed by atoms with Gasteiger partial charge in [0.05, 0.1) is 0 Å². The van der Waals surface area contributed by atoms with Gasteiger partial charge >= 0.3 is 17.4 Å². The van der Waals surface area contributed by atoms with Crippen molar-refractivity contribution in [1.29, 1.82) is 0 Å². The maximum absolute atomic E-state index is 12.0. The van der Waals surface area contributed by atoms with E-state index in [1.165, 1.54) is 0 Å². The average Bonchev–Trinajstić information content (AvgIpc) is 2.63. The van der Waals surface area contributed by atoms with Gasteiger partial charge in [0, 0.05) is 0 Å². The zero-order valence-electron chi connectivity index (χ0n) is 13.8. The monoisotopic (exact) mass is 414 g/mol. The zero-order valence-corrected chi connectivity index (χ0v) is 14.9. The molecule has 3 aromatic rings. The van der Waals surface area contributed by atoms with Crippen molar-refractivity contribution < 1.29 is 41.7 Å². The van der Waals surface area contributed by atoms with Gasteiger partial charge in [-0.25, -0.2) is 26.3 Å². The second-order valence-electron chi connectivity index (χ2n) is 4.65. The normalized spacial score (nSPS) is 9.21. The van der Waals surface area contributed by atoms with E-state index in [4.69, 9.17) is 0 Å². The molecule has 0 radical (unpaired) electrons. The smallest absolute Gasteiger partial charge is 0.869 e. The maximum atomic E-state index is 12.0. The van der Waals surface area contributed by atoms with Crippen molar-refractivity contribution in [2.75, 3.05) is 0 Å². The molecule has 10 heteroatoms. The molecule has 0 unspecified atom stereocenters. The first kappa shape index (κ1) is 25.2. The molecule has 0 aromatic heterocycles. The third kappa shape index (κ3) is 7.42. The number of hydrogen-bond acceptors (Lipinski definition) is 3. The summed E-state index contributed by atoms with van der Waals surface area (Å²) in [4.78, 5) is 0. The Bertz CT molecular complexity index is 730. The van der Waals surface area contributed by atoms with Crippen LogP contribution >= 0.6 is 0 Å². The Morgan fingerprint density at radius 1 is 0.393 bits per heavy atom. The predicted molar refractivity (Wildman–Crippen MR) is 83.2 cm³/mol. The summed E-state index contributed by atoms with van der Waals surface area (Å²) in [6, 6.07) is 8.97. The first-order valence-electron chi connectivity index (χ1n) is 6.98. The third-order valence-electron chi connectivity index (χ3n) is 2.76. The van der Waals surface area contributed by atoms with Crippen LogP contribution in [0.3, 0.4) is 0 Å². The van der Waals surface area contributed by atoms with Crippen molar-refractivity contribution in [1.82, 2.24) is 0 Å². The van der Waals surface area contributed by atoms with Gasteiger partial charge in [-0.1, -0.05) is 18.2 Å². The van der Waals surface area contributed by atoms with Crippen LogP contribution in [0.25, 0.3) is 0 Å². The number of halogens is 6. The largest absolute Gasteiger partial charge is 3.00 e. The van der Waals surface area contributed by atoms with Crippen molar-refractivity contribution in [2.24, 2.45) is 0 Å². The molecule has 0 amide bonds. The van der Waals surface area contributed by atoms with E-state index >= 15 is 0 Å². The molecule has 144 valence electrons. The second-order valence-corrected chi connectivity index (χ2v) is 4.65. The molecule has 0 aliphatic heterocycles. The quantitative estimate of drug-likeness (QED) is 0.420. The summed E-state index contributed by atoms with van der Waals surface area (Å²) in [5.74, 6) is -9.78. The fourth-order valence-corrected chi connectivity index (χ4v) is 1.45. The number of rotatable bonds is 0. The van der Waals surface area contributed by atoms with Gasteiger partial charge in [-0.3, -0.25) is 0 Å². The van der Waals surface area contributed by atoms with E-state index in [9.17, 15) is 41.7 Å². The summed E-state index contributed by atoms with van der Waals surface area (Å²) in [5.41, 5.74) is 0. The van der Waals surface area contributed by atoms with Crippen molar-refractivity contribution in [3.63, 3.8) is 0 Å². The minimum atomic E-state index is -1.17. The van der Waals surface area contributed by atoms with Gasteiger partial charge in [0.1, 0.15) is 34.9 Å². The minimum absolute atomic E-state index is 0. The fraction of sp³-hybridized carbons (Fsp3) is 0. The molecule has 0 aliphatic carbocycles. The van der Waals surface area contributed by atoms with E-state index < -0.39 is 52.2 Å². The van der Waals surface area contributed by atoms with Gasteiger partial charge in [0.15, 0.2) is 0 Å². The summed E-state index contributed by atoms with van der Waals surface area (Å²) < 4.78 is 72.2. The summed E-state index contributed by atoms with van der Waals surface area (Å²) in [6.07, 6.45) is 0. The molecule has 3 aromatic carbocycles. The van der Waals surface area contributed by atoms with E-state index in [1.807, 2.05) is 0 Å². The van der Waals surface area contributed by atoms with Gasteiger partial charge in [-0.15, -0.1) is 0 Å². The Morgan fingerprint density at radius 2 is 0.536 bits per heavy atom. The first-order chi connectivity index (χ1) is 12.6. The van der Waals surface area contributed by atoms with Crippen LogP contribution < -0.4 is 15.3 Å². The Labute approximate surface area is 166 Å². The summed E-state index contributed by atoms with van der Waals surface area (Å²) >= 11 is 0. The summed E-state index contributed by atoms with van der Waals surface area (Å²) in [7, 11) is 0. The Morgan fingerprint density at radius 3 is 0.643 bits per heavy atom. The second kappa shape index (κ2) is 11.8. The third-order valence-corrected chi connectivity index (χ3v) is 2.76. The SMILES string of the molecule is [Al+3].[O-]c1c(F)cccc1F.[O-]c1c(F)cccc1F.[O-]c1c(F)cccc1F.